The number of nitrogens with two attached hydrogens (primary N) is 1. The summed E-state index contributed by atoms with van der Waals surface area (Å²) in [6.07, 6.45) is 2.90. The van der Waals surface area contributed by atoms with Crippen molar-refractivity contribution in [2.45, 2.75) is 58.1 Å². The Morgan fingerprint density at radius 1 is 1.38 bits per heavy atom. The Labute approximate surface area is 132 Å². The molecule has 0 aromatic heterocycles. The van der Waals surface area contributed by atoms with E-state index in [0.717, 1.165) is 25.1 Å². The Balaban J connectivity index is 3.09. The van der Waals surface area contributed by atoms with E-state index in [0.29, 0.717) is 19.4 Å². The van der Waals surface area contributed by atoms with Crippen LogP contribution in [0.2, 0.25) is 0 Å². The Bertz CT molecular complexity index is 390. The van der Waals surface area contributed by atoms with Crippen molar-refractivity contribution < 1.29 is 10.0 Å². The zero-order valence-corrected chi connectivity index (χ0v) is 14.5. The van der Waals surface area contributed by atoms with Gasteiger partial charge in [0.05, 0.1) is 0 Å². The summed E-state index contributed by atoms with van der Waals surface area (Å²) < 4.78 is 0.0587. The van der Waals surface area contributed by atoms with Crippen molar-refractivity contribution in [3.8, 4) is 0 Å². The predicted molar refractivity (Wildman–Crippen MR) is 88.8 cm³/mol. The Morgan fingerprint density at radius 2 is 1.95 bits per heavy atom. The van der Waals surface area contributed by atoms with Gasteiger partial charge in [-0.15, -0.1) is 0 Å². The quantitative estimate of drug-likeness (QED) is 0.342. The maximum absolute atomic E-state index is 13.1. The normalized spacial score (nSPS) is 19.6. The van der Waals surface area contributed by atoms with Gasteiger partial charge in [-0.3, -0.25) is 4.79 Å². The van der Waals surface area contributed by atoms with E-state index in [1.807, 2.05) is 30.5 Å². The van der Waals surface area contributed by atoms with Gasteiger partial charge in [0.1, 0.15) is 5.41 Å². The van der Waals surface area contributed by atoms with Gasteiger partial charge in [0.25, 0.3) is 0 Å². The van der Waals surface area contributed by atoms with E-state index in [4.69, 9.17) is 10.9 Å². The molecule has 5 nitrogen and oxygen atoms in total. The predicted octanol–water partition coefficient (Wildman–Crippen LogP) is 2.67. The van der Waals surface area contributed by atoms with E-state index in [9.17, 15) is 4.79 Å². The summed E-state index contributed by atoms with van der Waals surface area (Å²) in [7, 11) is 0. The Hall–Kier alpha value is -0.910. The molecule has 0 spiro atoms. The third-order valence-electron chi connectivity index (χ3n) is 4.07. The molecule has 0 aromatic rings. The van der Waals surface area contributed by atoms with Gasteiger partial charge < -0.3 is 15.8 Å². The molecule has 0 aliphatic carbocycles. The van der Waals surface area contributed by atoms with Crippen LogP contribution in [0.5, 0.6) is 0 Å². The summed E-state index contributed by atoms with van der Waals surface area (Å²) in [6.45, 7) is 9.81. The van der Waals surface area contributed by atoms with Crippen molar-refractivity contribution in [2.24, 2.45) is 16.3 Å². The Kier molecular flexibility index (Phi) is 6.38. The minimum Gasteiger partial charge on any atom is -0.409 e. The number of thioether (sulfide) groups is 1. The third kappa shape index (κ3) is 4.05. The van der Waals surface area contributed by atoms with Crippen LogP contribution in [0.3, 0.4) is 0 Å². The van der Waals surface area contributed by atoms with E-state index >= 15 is 0 Å². The van der Waals surface area contributed by atoms with Crippen LogP contribution in [0.1, 0.15) is 53.4 Å². The summed E-state index contributed by atoms with van der Waals surface area (Å²) in [5, 5.41) is 12.4. The minimum absolute atomic E-state index is 0.0230. The highest BCUT2D eigenvalue weighted by molar-refractivity contribution is 8.00. The molecule has 1 amide bonds. The summed E-state index contributed by atoms with van der Waals surface area (Å²) in [6, 6.07) is 0. The molecular formula is C15H29N3O2S. The number of amides is 1. The molecule has 1 aliphatic heterocycles. The first-order valence-electron chi connectivity index (χ1n) is 7.74. The maximum Gasteiger partial charge on any atom is 0.236 e. The lowest BCUT2D eigenvalue weighted by Crippen LogP contribution is -2.56. The SMILES string of the molecule is CCCC(CCC)(C(=O)N1CCSC(C)(C)C1)C(N)=NO. The molecule has 122 valence electrons. The third-order valence-corrected chi connectivity index (χ3v) is 5.37. The number of carbonyl (C=O) groups excluding carboxylic acids is 1. The van der Waals surface area contributed by atoms with Crippen molar-refractivity contribution in [2.75, 3.05) is 18.8 Å². The molecule has 6 heteroatoms. The van der Waals surface area contributed by atoms with E-state index in [1.165, 1.54) is 0 Å². The number of amidine groups is 1. The highest BCUT2D eigenvalue weighted by Crippen LogP contribution is 2.36. The van der Waals surface area contributed by atoms with Gasteiger partial charge in [-0.25, -0.2) is 0 Å². The van der Waals surface area contributed by atoms with Gasteiger partial charge in [-0.05, 0) is 26.7 Å². The summed E-state index contributed by atoms with van der Waals surface area (Å²) >= 11 is 1.89. The average molecular weight is 315 g/mol. The van der Waals surface area contributed by atoms with Crippen LogP contribution >= 0.6 is 11.8 Å². The van der Waals surface area contributed by atoms with Gasteiger partial charge >= 0.3 is 0 Å². The molecule has 0 atom stereocenters. The highest BCUT2D eigenvalue weighted by atomic mass is 32.2. The van der Waals surface area contributed by atoms with Gasteiger partial charge in [-0.2, -0.15) is 11.8 Å². The van der Waals surface area contributed by atoms with Gasteiger partial charge in [0.15, 0.2) is 5.84 Å². The molecule has 0 saturated carbocycles. The molecule has 0 radical (unpaired) electrons. The molecule has 1 aliphatic rings. The largest absolute Gasteiger partial charge is 0.409 e. The number of nitrogens with zero attached hydrogens (tertiary/aromatic N) is 2. The first-order chi connectivity index (χ1) is 9.83. The number of carbonyl (C=O) groups is 1. The maximum atomic E-state index is 13.1. The molecule has 0 bridgehead atoms. The lowest BCUT2D eigenvalue weighted by atomic mass is 9.76. The second kappa shape index (κ2) is 7.38. The lowest BCUT2D eigenvalue weighted by molar-refractivity contribution is -0.139. The summed E-state index contributed by atoms with van der Waals surface area (Å²) in [4.78, 5) is 15.0. The highest BCUT2D eigenvalue weighted by Gasteiger charge is 2.45. The summed E-state index contributed by atoms with van der Waals surface area (Å²) in [5.41, 5.74) is 5.10. The van der Waals surface area contributed by atoms with Gasteiger partial charge in [0.2, 0.25) is 5.91 Å². The molecular weight excluding hydrogens is 286 g/mol. The molecule has 21 heavy (non-hydrogen) atoms. The van der Waals surface area contributed by atoms with Crippen LogP contribution in [0, 0.1) is 5.41 Å². The molecule has 1 saturated heterocycles. The van der Waals surface area contributed by atoms with Crippen molar-refractivity contribution in [1.82, 2.24) is 4.90 Å². The first-order valence-corrected chi connectivity index (χ1v) is 8.73. The fourth-order valence-electron chi connectivity index (χ4n) is 3.15. The fraction of sp³-hybridized carbons (Fsp3) is 0.867. The average Bonchev–Trinajstić information content (AvgIpc) is 2.44. The molecule has 0 unspecified atom stereocenters. The number of hydrogen-bond acceptors (Lipinski definition) is 4. The molecule has 1 rings (SSSR count). The van der Waals surface area contributed by atoms with Crippen molar-refractivity contribution in [3.05, 3.63) is 0 Å². The monoisotopic (exact) mass is 315 g/mol. The minimum atomic E-state index is -0.851. The van der Waals surface area contributed by atoms with E-state index < -0.39 is 5.41 Å². The fourth-order valence-corrected chi connectivity index (χ4v) is 4.26. The van der Waals surface area contributed by atoms with Gasteiger partial charge in [-0.1, -0.05) is 31.8 Å². The number of rotatable bonds is 6. The summed E-state index contributed by atoms with van der Waals surface area (Å²) in [5.74, 6) is 1.02. The van der Waals surface area contributed by atoms with E-state index in [-0.39, 0.29) is 16.5 Å². The zero-order chi connectivity index (χ0) is 16.1. The van der Waals surface area contributed by atoms with Crippen LogP contribution in [0.15, 0.2) is 5.16 Å². The standard InChI is InChI=1S/C15H29N3O2S/c1-5-7-15(8-6-2,12(16)17-20)13(19)18-9-10-21-14(3,4)11-18/h20H,5-11H2,1-4H3,(H2,16,17). The van der Waals surface area contributed by atoms with E-state index in [1.54, 1.807) is 0 Å². The van der Waals surface area contributed by atoms with Crippen LogP contribution in [0.4, 0.5) is 0 Å². The Morgan fingerprint density at radius 3 is 2.38 bits per heavy atom. The van der Waals surface area contributed by atoms with Crippen molar-refractivity contribution in [3.63, 3.8) is 0 Å². The van der Waals surface area contributed by atoms with E-state index in [2.05, 4.69) is 19.0 Å². The second-order valence-electron chi connectivity index (χ2n) is 6.40. The topological polar surface area (TPSA) is 78.9 Å². The number of hydrogen-bond donors (Lipinski definition) is 2. The van der Waals surface area contributed by atoms with Crippen molar-refractivity contribution in [1.29, 1.82) is 0 Å². The lowest BCUT2D eigenvalue weighted by Gasteiger charge is -2.42. The van der Waals surface area contributed by atoms with Crippen LogP contribution in [-0.2, 0) is 4.79 Å². The van der Waals surface area contributed by atoms with Crippen LogP contribution < -0.4 is 5.73 Å². The van der Waals surface area contributed by atoms with Crippen molar-refractivity contribution >= 4 is 23.5 Å². The second-order valence-corrected chi connectivity index (χ2v) is 8.20. The molecule has 3 N–H and O–H groups in total. The number of oxime groups is 1. The van der Waals surface area contributed by atoms with Crippen LogP contribution in [-0.4, -0.2) is 45.4 Å². The van der Waals surface area contributed by atoms with Crippen LogP contribution in [0.25, 0.3) is 0 Å². The first kappa shape index (κ1) is 18.1. The smallest absolute Gasteiger partial charge is 0.236 e. The molecule has 0 aromatic carbocycles. The molecule has 1 fully saturated rings. The van der Waals surface area contributed by atoms with Gasteiger partial charge in [0, 0.05) is 23.6 Å². The zero-order valence-electron chi connectivity index (χ0n) is 13.7. The molecule has 1 heterocycles.